The molecule has 0 aromatic heterocycles. The van der Waals surface area contributed by atoms with Crippen molar-refractivity contribution in [3.8, 4) is 30.3 Å². The molecule has 0 aliphatic rings. The summed E-state index contributed by atoms with van der Waals surface area (Å²) in [6.45, 7) is 19.9. The number of rotatable bonds is 3. The molecule has 10 aromatic rings. The van der Waals surface area contributed by atoms with E-state index in [1.54, 1.807) is 0 Å². The predicted octanol–water partition coefficient (Wildman–Crippen LogP) is 16.0. The van der Waals surface area contributed by atoms with Crippen molar-refractivity contribution in [2.45, 2.75) is 69.2 Å². The van der Waals surface area contributed by atoms with Gasteiger partial charge in [0.05, 0.1) is 58.2 Å². The molecular weight excluding hydrogens is 1140 g/mol. The van der Waals surface area contributed by atoms with E-state index in [1.807, 2.05) is 221 Å². The molecular formula is C75H70MnN5Sn. The van der Waals surface area contributed by atoms with E-state index >= 15 is 0 Å². The standard InChI is InChI=1S/5C9H9N.5C6H5.Mn.Sn/c5*1-7-3-4-9(6-10)8(2)5-7;5*1-2-4-6-5-3-1;;/h5*3-5H,1-2H3;5*1-5H;;/q;;;;;;;;2*-1;+2;. The van der Waals surface area contributed by atoms with Crippen molar-refractivity contribution in [2.24, 2.45) is 0 Å². The van der Waals surface area contributed by atoms with Crippen LogP contribution in [0.3, 0.4) is 0 Å². The molecule has 7 heteroatoms. The van der Waals surface area contributed by atoms with Gasteiger partial charge >= 0.3 is 139 Å². The molecule has 10 rings (SSSR count). The summed E-state index contributed by atoms with van der Waals surface area (Å²) in [5, 5.41) is 42.8. The van der Waals surface area contributed by atoms with Gasteiger partial charge in [0.1, 0.15) is 0 Å². The molecule has 406 valence electrons. The van der Waals surface area contributed by atoms with Crippen LogP contribution in [0.2, 0.25) is 0 Å². The average molecular weight is 1220 g/mol. The summed E-state index contributed by atoms with van der Waals surface area (Å²) in [6, 6.07) is 97.6. The van der Waals surface area contributed by atoms with Crippen molar-refractivity contribution in [2.75, 3.05) is 0 Å². The summed E-state index contributed by atoms with van der Waals surface area (Å²) in [5.41, 5.74) is 15.2. The number of hydrogen-bond donors (Lipinski definition) is 0. The molecule has 0 fully saturated rings. The van der Waals surface area contributed by atoms with Crippen molar-refractivity contribution in [1.82, 2.24) is 0 Å². The molecule has 0 aliphatic heterocycles. The van der Waals surface area contributed by atoms with Crippen LogP contribution in [0, 0.1) is 138 Å². The van der Waals surface area contributed by atoms with Crippen LogP contribution in [-0.4, -0.2) is 19.8 Å². The van der Waals surface area contributed by atoms with Crippen molar-refractivity contribution in [3.63, 3.8) is 0 Å². The number of benzene rings is 10. The Morgan fingerprint density at radius 3 is 0.573 bits per heavy atom. The minimum absolute atomic E-state index is 0. The third kappa shape index (κ3) is 26.7. The van der Waals surface area contributed by atoms with Crippen LogP contribution in [0.25, 0.3) is 0 Å². The van der Waals surface area contributed by atoms with Crippen LogP contribution >= 0.6 is 0 Å². The van der Waals surface area contributed by atoms with Gasteiger partial charge in [0.2, 0.25) is 0 Å². The Morgan fingerprint density at radius 1 is 0.256 bits per heavy atom. The Kier molecular flexibility index (Phi) is 33.9. The molecule has 0 saturated carbocycles. The maximum atomic E-state index is 8.56. The topological polar surface area (TPSA) is 119 Å². The van der Waals surface area contributed by atoms with E-state index in [9.17, 15) is 0 Å². The van der Waals surface area contributed by atoms with E-state index in [0.717, 1.165) is 55.6 Å². The fourth-order valence-corrected chi connectivity index (χ4v) is 15.0. The van der Waals surface area contributed by atoms with Crippen molar-refractivity contribution in [1.29, 1.82) is 26.3 Å². The van der Waals surface area contributed by atoms with Gasteiger partial charge in [0, 0.05) is 0 Å². The fourth-order valence-electron chi connectivity index (χ4n) is 7.69. The Morgan fingerprint density at radius 2 is 0.439 bits per heavy atom. The molecule has 0 bridgehead atoms. The zero-order valence-corrected chi connectivity index (χ0v) is 52.7. The van der Waals surface area contributed by atoms with Crippen molar-refractivity contribution < 1.29 is 17.1 Å². The number of hydrogen-bond acceptors (Lipinski definition) is 5. The number of nitriles is 5. The summed E-state index contributed by atoms with van der Waals surface area (Å²) in [6.07, 6.45) is 0. The molecule has 0 amide bonds. The van der Waals surface area contributed by atoms with E-state index in [1.165, 1.54) is 38.6 Å². The molecule has 0 saturated heterocycles. The zero-order chi connectivity index (χ0) is 59.2. The molecule has 0 N–H and O–H groups in total. The van der Waals surface area contributed by atoms with Crippen LogP contribution in [0.4, 0.5) is 0 Å². The quantitative estimate of drug-likeness (QED) is 0.129. The molecule has 0 aliphatic carbocycles. The van der Waals surface area contributed by atoms with Crippen molar-refractivity contribution >= 4 is 30.5 Å². The normalized spacial score (nSPS) is 9.05. The summed E-state index contributed by atoms with van der Waals surface area (Å²) >= 11 is -1.98. The molecule has 10 aromatic carbocycles. The number of nitrogens with zero attached hydrogens (tertiary/aromatic N) is 5. The van der Waals surface area contributed by atoms with Gasteiger partial charge in [-0.3, -0.25) is 0 Å². The van der Waals surface area contributed by atoms with Crippen LogP contribution in [0.15, 0.2) is 243 Å². The predicted molar refractivity (Wildman–Crippen MR) is 338 cm³/mol. The van der Waals surface area contributed by atoms with Gasteiger partial charge in [0.15, 0.2) is 0 Å². The molecule has 0 heterocycles. The van der Waals surface area contributed by atoms with E-state index < -0.39 is 19.8 Å². The van der Waals surface area contributed by atoms with Gasteiger partial charge in [-0.15, -0.1) is 0 Å². The Balaban J connectivity index is 0.000000328. The van der Waals surface area contributed by atoms with Crippen LogP contribution in [-0.2, 0) is 17.1 Å². The maximum absolute atomic E-state index is 8.56. The monoisotopic (exact) mass is 1220 g/mol. The first-order chi connectivity index (χ1) is 39.1. The minimum atomic E-state index is -1.98. The number of aryl methyl sites for hydroxylation is 10. The van der Waals surface area contributed by atoms with E-state index in [4.69, 9.17) is 26.3 Å². The zero-order valence-electron chi connectivity index (χ0n) is 48.7. The second-order valence-corrected chi connectivity index (χ2v) is 25.9. The van der Waals surface area contributed by atoms with Gasteiger partial charge in [-0.1, -0.05) is 88.5 Å². The van der Waals surface area contributed by atoms with Gasteiger partial charge < -0.3 is 0 Å². The van der Waals surface area contributed by atoms with Gasteiger partial charge in [0.25, 0.3) is 0 Å². The molecule has 2 radical (unpaired) electrons. The Hall–Kier alpha value is -9.03. The molecule has 0 atom stereocenters. The first-order valence-electron chi connectivity index (χ1n) is 26.4. The molecule has 0 spiro atoms. The summed E-state index contributed by atoms with van der Waals surface area (Å²) in [5.74, 6) is 0. The molecule has 82 heavy (non-hydrogen) atoms. The second-order valence-electron chi connectivity index (χ2n) is 18.8. The fraction of sp³-hybridized carbons (Fsp3) is 0.133. The van der Waals surface area contributed by atoms with Crippen LogP contribution < -0.4 is 10.7 Å². The van der Waals surface area contributed by atoms with Gasteiger partial charge in [-0.25, -0.2) is 0 Å². The van der Waals surface area contributed by atoms with Crippen LogP contribution in [0.5, 0.6) is 0 Å². The molecule has 5 nitrogen and oxygen atoms in total. The third-order valence-corrected chi connectivity index (χ3v) is 19.7. The second kappa shape index (κ2) is 40.2. The SMILES string of the molecule is Cc1ccc(C#N)c(C)c1.Cc1ccc(C#N)c(C)c1.Cc1ccc(C#N)c(C)c1.Cc1ccc(C#N)c(C)c1.Cc1ccc(C#N)c(C)c1.[Mn+2].[c-]1ccccc1.[c-]1ccccc1.c1cc[c]([Sn]([c]2ccccc2)[c]2ccccc2)cc1. The van der Waals surface area contributed by atoms with E-state index in [-0.39, 0.29) is 17.1 Å². The third-order valence-electron chi connectivity index (χ3n) is 11.9. The first kappa shape index (κ1) is 69.1. The Bertz CT molecular complexity index is 3110. The molecule has 0 unspecified atom stereocenters. The van der Waals surface area contributed by atoms with E-state index in [2.05, 4.69) is 133 Å². The van der Waals surface area contributed by atoms with E-state index in [0.29, 0.717) is 0 Å². The summed E-state index contributed by atoms with van der Waals surface area (Å²) < 4.78 is 4.59. The van der Waals surface area contributed by atoms with Gasteiger partial charge in [-0.05, 0) is 127 Å². The first-order valence-corrected chi connectivity index (χ1v) is 30.6. The average Bonchev–Trinajstić information content (AvgIpc) is 3.60. The van der Waals surface area contributed by atoms with Crippen LogP contribution in [0.1, 0.15) is 83.5 Å². The summed E-state index contributed by atoms with van der Waals surface area (Å²) in [7, 11) is 0. The van der Waals surface area contributed by atoms with Crippen molar-refractivity contribution in [3.05, 3.63) is 338 Å². The Labute approximate surface area is 507 Å². The van der Waals surface area contributed by atoms with Gasteiger partial charge in [-0.2, -0.15) is 99.1 Å². The summed E-state index contributed by atoms with van der Waals surface area (Å²) in [4.78, 5) is 0.